The van der Waals surface area contributed by atoms with E-state index >= 15 is 0 Å². The summed E-state index contributed by atoms with van der Waals surface area (Å²) in [5.41, 5.74) is 10.6. The summed E-state index contributed by atoms with van der Waals surface area (Å²) >= 11 is 0. The number of ketones is 1. The first kappa shape index (κ1) is 25.3. The van der Waals surface area contributed by atoms with E-state index in [9.17, 15) is 18.8 Å². The number of hydrogen-bond acceptors (Lipinski definition) is 3. The topological polar surface area (TPSA) is 80.5 Å². The minimum atomic E-state index is -0.489. The van der Waals surface area contributed by atoms with Crippen LogP contribution >= 0.6 is 0 Å². The van der Waals surface area contributed by atoms with Crippen LogP contribution in [0.25, 0.3) is 11.1 Å². The Balaban J connectivity index is 1.53. The number of aryl methyl sites for hydroxylation is 2. The lowest BCUT2D eigenvalue weighted by Gasteiger charge is -2.33. The molecule has 6 heteroatoms. The lowest BCUT2D eigenvalue weighted by molar-refractivity contribution is -0.128. The molecule has 0 spiro atoms. The first-order valence-corrected chi connectivity index (χ1v) is 12.4. The molecule has 0 bridgehead atoms. The van der Waals surface area contributed by atoms with Crippen molar-refractivity contribution in [3.8, 4) is 11.1 Å². The van der Waals surface area contributed by atoms with E-state index in [0.29, 0.717) is 30.5 Å². The van der Waals surface area contributed by atoms with Crippen LogP contribution in [0.2, 0.25) is 0 Å². The number of carbonyl (C=O) groups is 3. The van der Waals surface area contributed by atoms with Crippen molar-refractivity contribution in [2.45, 2.75) is 46.0 Å². The molecule has 186 valence electrons. The quantitative estimate of drug-likeness (QED) is 0.462. The molecule has 36 heavy (non-hydrogen) atoms. The van der Waals surface area contributed by atoms with Gasteiger partial charge in [-0.3, -0.25) is 14.4 Å². The van der Waals surface area contributed by atoms with Crippen LogP contribution in [0.5, 0.6) is 0 Å². The smallest absolute Gasteiger partial charge is 0.249 e. The van der Waals surface area contributed by atoms with Crippen LogP contribution in [0.1, 0.15) is 53.2 Å². The number of carbonyl (C=O) groups excluding carboxylic acids is 3. The van der Waals surface area contributed by atoms with Gasteiger partial charge in [0.1, 0.15) is 11.6 Å². The molecule has 0 radical (unpaired) electrons. The van der Waals surface area contributed by atoms with E-state index in [2.05, 4.69) is 0 Å². The van der Waals surface area contributed by atoms with Crippen molar-refractivity contribution in [2.24, 2.45) is 11.7 Å². The lowest BCUT2D eigenvalue weighted by Crippen LogP contribution is -2.42. The number of Topliss-reactive ketones (excluding diaryl/α,β-unsaturated/α-hetero) is 1. The van der Waals surface area contributed by atoms with Crippen LogP contribution in [0.4, 0.5) is 10.1 Å². The molecule has 2 amide bonds. The van der Waals surface area contributed by atoms with Gasteiger partial charge in [0.05, 0.1) is 0 Å². The second-order valence-electron chi connectivity index (χ2n) is 9.45. The zero-order valence-corrected chi connectivity index (χ0v) is 20.7. The number of hydrogen-bond donors (Lipinski definition) is 1. The monoisotopic (exact) mass is 486 g/mol. The Morgan fingerprint density at radius 3 is 2.56 bits per heavy atom. The molecule has 0 saturated carbocycles. The van der Waals surface area contributed by atoms with Crippen LogP contribution in [-0.4, -0.2) is 24.1 Å². The predicted octanol–water partition coefficient (Wildman–Crippen LogP) is 5.41. The summed E-state index contributed by atoms with van der Waals surface area (Å²) in [6.45, 7) is 4.41. The third-order valence-corrected chi connectivity index (χ3v) is 6.87. The maximum atomic E-state index is 14.2. The third kappa shape index (κ3) is 5.38. The number of piperidine rings is 1. The van der Waals surface area contributed by atoms with Gasteiger partial charge in [0, 0.05) is 36.6 Å². The molecule has 0 aromatic heterocycles. The van der Waals surface area contributed by atoms with E-state index in [0.717, 1.165) is 34.4 Å². The van der Waals surface area contributed by atoms with Crippen LogP contribution in [0.15, 0.2) is 60.7 Å². The van der Waals surface area contributed by atoms with Crippen molar-refractivity contribution in [1.29, 1.82) is 0 Å². The Morgan fingerprint density at radius 2 is 1.83 bits per heavy atom. The highest BCUT2D eigenvalue weighted by Crippen LogP contribution is 2.33. The molecule has 1 fully saturated rings. The summed E-state index contributed by atoms with van der Waals surface area (Å²) < 4.78 is 14.2. The van der Waals surface area contributed by atoms with Gasteiger partial charge in [0.25, 0.3) is 0 Å². The zero-order valence-electron chi connectivity index (χ0n) is 20.7. The van der Waals surface area contributed by atoms with E-state index in [-0.39, 0.29) is 30.3 Å². The van der Waals surface area contributed by atoms with Gasteiger partial charge in [0.2, 0.25) is 11.8 Å². The van der Waals surface area contributed by atoms with Crippen LogP contribution < -0.4 is 10.6 Å². The SMILES string of the molecule is CCc1cc(-c2ccccc2C(N)=O)ccc1N1CCC[C@@H](CC(=O)Cc2ccc(C)cc2F)C1=O. The number of nitrogens with zero attached hydrogens (tertiary/aromatic N) is 1. The van der Waals surface area contributed by atoms with Crippen LogP contribution in [0.3, 0.4) is 0 Å². The number of anilines is 1. The molecule has 4 rings (SSSR count). The highest BCUT2D eigenvalue weighted by Gasteiger charge is 2.32. The van der Waals surface area contributed by atoms with Gasteiger partial charge in [-0.15, -0.1) is 0 Å². The zero-order chi connectivity index (χ0) is 25.8. The fraction of sp³-hybridized carbons (Fsp3) is 0.300. The number of nitrogens with two attached hydrogens (primary N) is 1. The number of halogens is 1. The number of benzene rings is 3. The Bertz CT molecular complexity index is 1320. The van der Waals surface area contributed by atoms with E-state index in [1.807, 2.05) is 37.3 Å². The van der Waals surface area contributed by atoms with Gasteiger partial charge in [0.15, 0.2) is 0 Å². The summed E-state index contributed by atoms with van der Waals surface area (Å²) in [7, 11) is 0. The molecule has 3 aromatic rings. The minimum absolute atomic E-state index is 0.00985. The summed E-state index contributed by atoms with van der Waals surface area (Å²) in [5, 5.41) is 0. The predicted molar refractivity (Wildman–Crippen MR) is 139 cm³/mol. The normalized spacial score (nSPS) is 15.7. The molecule has 2 N–H and O–H groups in total. The number of rotatable bonds is 8. The Labute approximate surface area is 211 Å². The Kier molecular flexibility index (Phi) is 7.63. The molecule has 1 atom stereocenters. The maximum absolute atomic E-state index is 14.2. The van der Waals surface area contributed by atoms with E-state index in [4.69, 9.17) is 5.73 Å². The molecular weight excluding hydrogens is 455 g/mol. The average molecular weight is 487 g/mol. The lowest BCUT2D eigenvalue weighted by atomic mass is 9.89. The van der Waals surface area contributed by atoms with Gasteiger partial charge in [-0.2, -0.15) is 0 Å². The van der Waals surface area contributed by atoms with Crippen LogP contribution in [0, 0.1) is 18.7 Å². The number of amides is 2. The standard InChI is InChI=1S/C30H31FN2O3/c1-3-20-16-21(25-8-4-5-9-26(25)29(32)35)12-13-28(20)33-14-6-7-23(30(33)36)18-24(34)17-22-11-10-19(2)15-27(22)31/h4-5,8-13,15-16,23H,3,6-7,14,17-18H2,1-2H3,(H2,32,35)/t23-/m0/s1. The van der Waals surface area contributed by atoms with Crippen molar-refractivity contribution in [1.82, 2.24) is 0 Å². The largest absolute Gasteiger partial charge is 0.366 e. The fourth-order valence-corrected chi connectivity index (χ4v) is 4.98. The molecule has 5 nitrogen and oxygen atoms in total. The van der Waals surface area contributed by atoms with Crippen molar-refractivity contribution in [3.05, 3.63) is 88.7 Å². The molecule has 1 aliphatic heterocycles. The van der Waals surface area contributed by atoms with E-state index in [1.54, 1.807) is 36.1 Å². The second kappa shape index (κ2) is 10.9. The first-order chi connectivity index (χ1) is 17.3. The van der Waals surface area contributed by atoms with Gasteiger partial charge < -0.3 is 10.6 Å². The molecule has 1 aliphatic rings. The van der Waals surface area contributed by atoms with Crippen molar-refractivity contribution in [3.63, 3.8) is 0 Å². The Hall–Kier alpha value is -3.80. The summed E-state index contributed by atoms with van der Waals surface area (Å²) in [6.07, 6.45) is 2.22. The first-order valence-electron chi connectivity index (χ1n) is 12.4. The highest BCUT2D eigenvalue weighted by molar-refractivity contribution is 6.01. The Morgan fingerprint density at radius 1 is 1.06 bits per heavy atom. The molecule has 1 saturated heterocycles. The summed E-state index contributed by atoms with van der Waals surface area (Å²) in [6, 6.07) is 17.9. The maximum Gasteiger partial charge on any atom is 0.249 e. The molecule has 1 heterocycles. The van der Waals surface area contributed by atoms with Gasteiger partial charge in [-0.1, -0.05) is 43.3 Å². The van der Waals surface area contributed by atoms with Gasteiger partial charge in [-0.05, 0) is 78.3 Å². The summed E-state index contributed by atoms with van der Waals surface area (Å²) in [5.74, 6) is -1.49. The van der Waals surface area contributed by atoms with E-state index < -0.39 is 11.8 Å². The van der Waals surface area contributed by atoms with Crippen molar-refractivity contribution < 1.29 is 18.8 Å². The van der Waals surface area contributed by atoms with Crippen molar-refractivity contribution in [2.75, 3.05) is 11.4 Å². The van der Waals surface area contributed by atoms with Gasteiger partial charge >= 0.3 is 0 Å². The third-order valence-electron chi connectivity index (χ3n) is 6.87. The second-order valence-corrected chi connectivity index (χ2v) is 9.45. The fourth-order valence-electron chi connectivity index (χ4n) is 4.98. The molecule has 0 aliphatic carbocycles. The minimum Gasteiger partial charge on any atom is -0.366 e. The molecule has 3 aromatic carbocycles. The average Bonchev–Trinajstić information content (AvgIpc) is 2.86. The highest BCUT2D eigenvalue weighted by atomic mass is 19.1. The van der Waals surface area contributed by atoms with Gasteiger partial charge in [-0.25, -0.2) is 4.39 Å². The molecule has 0 unspecified atom stereocenters. The van der Waals surface area contributed by atoms with Crippen LogP contribution in [-0.2, 0) is 22.4 Å². The number of primary amides is 1. The van der Waals surface area contributed by atoms with E-state index in [1.165, 1.54) is 6.07 Å². The molecular formula is C30H31FN2O3. The van der Waals surface area contributed by atoms with Crippen molar-refractivity contribution >= 4 is 23.3 Å². The summed E-state index contributed by atoms with van der Waals surface area (Å²) in [4.78, 5) is 39.8.